The monoisotopic (exact) mass is 523 g/mol. The first-order chi connectivity index (χ1) is 19.1. The summed E-state index contributed by atoms with van der Waals surface area (Å²) in [5.41, 5.74) is 4.53. The fourth-order valence-electron chi connectivity index (χ4n) is 4.36. The summed E-state index contributed by atoms with van der Waals surface area (Å²) in [6.45, 7) is 3.16. The van der Waals surface area contributed by atoms with Crippen molar-refractivity contribution in [1.82, 2.24) is 30.0 Å². The largest absolute Gasteiger partial charge is 0.444 e. The van der Waals surface area contributed by atoms with Crippen LogP contribution in [0.3, 0.4) is 0 Å². The summed E-state index contributed by atoms with van der Waals surface area (Å²) in [6.07, 6.45) is 1.16. The van der Waals surface area contributed by atoms with Crippen LogP contribution in [0.4, 0.5) is 10.6 Å². The number of benzene rings is 3. The third-order valence-electron chi connectivity index (χ3n) is 6.36. The molecule has 0 aliphatic heterocycles. The van der Waals surface area contributed by atoms with Crippen LogP contribution in [-0.4, -0.2) is 36.1 Å². The molecule has 0 fully saturated rings. The lowest BCUT2D eigenvalue weighted by molar-refractivity contribution is 0.155. The number of unbranched alkanes of at least 4 members (excludes halogenated alkanes) is 1. The van der Waals surface area contributed by atoms with E-state index in [1.807, 2.05) is 78.9 Å². The number of H-pyrrole nitrogens is 1. The van der Waals surface area contributed by atoms with Gasteiger partial charge >= 0.3 is 6.09 Å². The van der Waals surface area contributed by atoms with Gasteiger partial charge in [-0.05, 0) is 33.9 Å². The molecule has 0 unspecified atom stereocenters. The fourth-order valence-corrected chi connectivity index (χ4v) is 4.36. The van der Waals surface area contributed by atoms with E-state index in [-0.39, 0.29) is 12.2 Å². The third-order valence-corrected chi connectivity index (χ3v) is 6.36. The zero-order valence-corrected chi connectivity index (χ0v) is 21.6. The Kier molecular flexibility index (Phi) is 7.92. The predicted octanol–water partition coefficient (Wildman–Crippen LogP) is 5.09. The molecule has 0 spiro atoms. The van der Waals surface area contributed by atoms with E-state index < -0.39 is 6.09 Å². The highest BCUT2D eigenvalue weighted by Gasteiger charge is 2.16. The second kappa shape index (κ2) is 12.0. The van der Waals surface area contributed by atoms with E-state index in [0.717, 1.165) is 40.7 Å². The smallest absolute Gasteiger partial charge is 0.413 e. The van der Waals surface area contributed by atoms with Crippen molar-refractivity contribution in [1.29, 1.82) is 0 Å². The van der Waals surface area contributed by atoms with E-state index in [9.17, 15) is 9.59 Å². The second-order valence-electron chi connectivity index (χ2n) is 9.07. The van der Waals surface area contributed by atoms with Crippen molar-refractivity contribution in [2.75, 3.05) is 5.32 Å². The van der Waals surface area contributed by atoms with Crippen molar-refractivity contribution < 1.29 is 9.53 Å². The van der Waals surface area contributed by atoms with Crippen LogP contribution in [0.25, 0.3) is 22.5 Å². The van der Waals surface area contributed by atoms with Gasteiger partial charge in [-0.2, -0.15) is 5.21 Å². The normalized spacial score (nSPS) is 10.9. The maximum atomic E-state index is 12.8. The quantitative estimate of drug-likeness (QED) is 0.263. The fraction of sp³-hybridized carbons (Fsp3) is 0.207. The van der Waals surface area contributed by atoms with Crippen LogP contribution in [0, 0.1) is 0 Å². The number of rotatable bonds is 10. The number of tetrazole rings is 1. The Morgan fingerprint density at radius 3 is 2.38 bits per heavy atom. The first-order valence-electron chi connectivity index (χ1n) is 12.8. The van der Waals surface area contributed by atoms with Gasteiger partial charge in [-0.15, -0.1) is 10.2 Å². The van der Waals surface area contributed by atoms with Gasteiger partial charge in [-0.25, -0.2) is 9.48 Å². The van der Waals surface area contributed by atoms with E-state index in [1.165, 1.54) is 6.07 Å². The molecule has 3 aromatic carbocycles. The van der Waals surface area contributed by atoms with Gasteiger partial charge in [0.1, 0.15) is 12.4 Å². The summed E-state index contributed by atoms with van der Waals surface area (Å²) in [4.78, 5) is 25.4. The van der Waals surface area contributed by atoms with Crippen molar-refractivity contribution in [2.24, 2.45) is 0 Å². The van der Waals surface area contributed by atoms with Crippen LogP contribution < -0.4 is 10.9 Å². The third kappa shape index (κ3) is 6.12. The van der Waals surface area contributed by atoms with E-state index >= 15 is 0 Å². The Bertz CT molecular complexity index is 1570. The Morgan fingerprint density at radius 1 is 0.923 bits per heavy atom. The molecule has 5 aromatic rings. The summed E-state index contributed by atoms with van der Waals surface area (Å²) in [5.74, 6) is 0.914. The van der Waals surface area contributed by atoms with Crippen LogP contribution in [0.5, 0.6) is 0 Å². The highest BCUT2D eigenvalue weighted by atomic mass is 16.5. The van der Waals surface area contributed by atoms with Crippen molar-refractivity contribution in [2.45, 2.75) is 39.5 Å². The topological polar surface area (TPSA) is 120 Å². The van der Waals surface area contributed by atoms with Gasteiger partial charge in [0.2, 0.25) is 5.82 Å². The van der Waals surface area contributed by atoms with Gasteiger partial charge in [0.05, 0.1) is 6.54 Å². The number of nitrogens with zero attached hydrogens (tertiary/aromatic N) is 5. The zero-order valence-electron chi connectivity index (χ0n) is 21.6. The number of aromatic amines is 1. The minimum absolute atomic E-state index is 0.139. The van der Waals surface area contributed by atoms with Crippen molar-refractivity contribution in [3.63, 3.8) is 0 Å². The van der Waals surface area contributed by atoms with Gasteiger partial charge in [0, 0.05) is 18.2 Å². The maximum absolute atomic E-state index is 12.8. The molecule has 0 aliphatic rings. The standard InChI is InChI=1S/C29H29N7O3/c1-2-3-17-35-27(37)18-26(30-29(38)39-20-22-9-5-4-6-10-22)36(35)19-21-13-15-23(16-14-21)24-11-7-8-12-25(24)28-31-33-34-32-28/h4-16,18H,2-3,17,19-20H2,1H3,(H,30,38)(H,31,32,33,34). The first kappa shape index (κ1) is 25.7. The van der Waals surface area contributed by atoms with Gasteiger partial charge in [-0.3, -0.25) is 14.8 Å². The van der Waals surface area contributed by atoms with E-state index in [2.05, 4.69) is 32.9 Å². The number of hydrogen-bond donors (Lipinski definition) is 2. The zero-order chi connectivity index (χ0) is 27.0. The molecule has 0 saturated carbocycles. The van der Waals surface area contributed by atoms with Crippen LogP contribution in [0.15, 0.2) is 89.7 Å². The average Bonchev–Trinajstić information content (AvgIpc) is 3.60. The van der Waals surface area contributed by atoms with Crippen molar-refractivity contribution >= 4 is 11.9 Å². The average molecular weight is 524 g/mol. The van der Waals surface area contributed by atoms with Gasteiger partial charge < -0.3 is 4.74 Å². The molecular formula is C29H29N7O3. The lowest BCUT2D eigenvalue weighted by atomic mass is 9.98. The van der Waals surface area contributed by atoms with Crippen LogP contribution in [0.1, 0.15) is 30.9 Å². The highest BCUT2D eigenvalue weighted by Crippen LogP contribution is 2.30. The molecule has 0 saturated heterocycles. The number of carbonyl (C=O) groups excluding carboxylic acids is 1. The molecule has 5 rings (SSSR count). The van der Waals surface area contributed by atoms with Gasteiger partial charge in [0.15, 0.2) is 0 Å². The molecule has 2 aromatic heterocycles. The summed E-state index contributed by atoms with van der Waals surface area (Å²) in [5, 5.41) is 17.2. The lowest BCUT2D eigenvalue weighted by Crippen LogP contribution is -2.25. The predicted molar refractivity (Wildman–Crippen MR) is 148 cm³/mol. The molecule has 0 atom stereocenters. The highest BCUT2D eigenvalue weighted by molar-refractivity contribution is 5.83. The molecule has 198 valence electrons. The number of hydrogen-bond acceptors (Lipinski definition) is 6. The van der Waals surface area contributed by atoms with Gasteiger partial charge in [-0.1, -0.05) is 92.2 Å². The molecule has 39 heavy (non-hydrogen) atoms. The SMILES string of the molecule is CCCCn1c(=O)cc(NC(=O)OCc2ccccc2)n1Cc1ccc(-c2ccccc2-c2nn[nH]n2)cc1. The summed E-state index contributed by atoms with van der Waals surface area (Å²) < 4.78 is 8.84. The Hall–Kier alpha value is -4.99. The molecule has 10 heteroatoms. The minimum Gasteiger partial charge on any atom is -0.444 e. The van der Waals surface area contributed by atoms with E-state index in [4.69, 9.17) is 4.74 Å². The minimum atomic E-state index is -0.617. The molecule has 0 bridgehead atoms. The molecular weight excluding hydrogens is 494 g/mol. The Labute approximate surface area is 225 Å². The number of amides is 1. The summed E-state index contributed by atoms with van der Waals surface area (Å²) >= 11 is 0. The van der Waals surface area contributed by atoms with Crippen molar-refractivity contribution in [3.05, 3.63) is 106 Å². The molecule has 1 amide bonds. The van der Waals surface area contributed by atoms with Gasteiger partial charge in [0.25, 0.3) is 5.56 Å². The summed E-state index contributed by atoms with van der Waals surface area (Å²) in [7, 11) is 0. The summed E-state index contributed by atoms with van der Waals surface area (Å²) in [6, 6.07) is 26.8. The second-order valence-corrected chi connectivity index (χ2v) is 9.07. The number of nitrogens with one attached hydrogen (secondary N) is 2. The first-order valence-corrected chi connectivity index (χ1v) is 12.8. The Morgan fingerprint density at radius 2 is 1.67 bits per heavy atom. The molecule has 2 N–H and O–H groups in total. The number of ether oxygens (including phenoxy) is 1. The van der Waals surface area contributed by atoms with Crippen molar-refractivity contribution in [3.8, 4) is 22.5 Å². The Balaban J connectivity index is 1.37. The lowest BCUT2D eigenvalue weighted by Gasteiger charge is -2.16. The van der Waals surface area contributed by atoms with E-state index in [1.54, 1.807) is 9.36 Å². The van der Waals surface area contributed by atoms with E-state index in [0.29, 0.717) is 24.7 Å². The maximum Gasteiger partial charge on any atom is 0.413 e. The molecule has 2 heterocycles. The molecule has 0 aliphatic carbocycles. The molecule has 10 nitrogen and oxygen atoms in total. The molecule has 0 radical (unpaired) electrons. The van der Waals surface area contributed by atoms with Crippen LogP contribution in [0.2, 0.25) is 0 Å². The van der Waals surface area contributed by atoms with Crippen LogP contribution in [-0.2, 0) is 24.4 Å². The number of aromatic nitrogens is 6. The number of carbonyl (C=O) groups is 1. The number of anilines is 1. The van der Waals surface area contributed by atoms with Crippen LogP contribution >= 0.6 is 0 Å².